The second-order valence-corrected chi connectivity index (χ2v) is 11.8. The molecular weight excluding hydrogens is 805 g/mol. The second kappa shape index (κ2) is 19.2. The molecule has 5 rings (SSSR count). The number of benzene rings is 1. The smallest absolute Gasteiger partial charge is 0.475 e. The fraction of sp³-hybridized carbons (Fsp3) is 0.400. The fourth-order valence-electron chi connectivity index (χ4n) is 4.48. The van der Waals surface area contributed by atoms with Crippen LogP contribution < -0.4 is 10.2 Å². The molecule has 1 saturated heterocycles. The lowest BCUT2D eigenvalue weighted by Gasteiger charge is -2.38. The quantitative estimate of drug-likeness (QED) is 0.164. The number of imidazole rings is 1. The zero-order chi connectivity index (χ0) is 42.8. The summed E-state index contributed by atoms with van der Waals surface area (Å²) < 4.78 is 95.2. The van der Waals surface area contributed by atoms with Crippen molar-refractivity contribution < 1.29 is 74.0 Å². The number of halogens is 10. The summed E-state index contributed by atoms with van der Waals surface area (Å²) in [5.41, 5.74) is 4.31. The van der Waals surface area contributed by atoms with Crippen molar-refractivity contribution in [1.82, 2.24) is 34.7 Å². The van der Waals surface area contributed by atoms with E-state index in [1.165, 1.54) is 6.33 Å². The number of rotatable bonds is 6. The molecule has 1 aliphatic rings. The van der Waals surface area contributed by atoms with Crippen LogP contribution >= 0.6 is 11.6 Å². The Morgan fingerprint density at radius 1 is 0.857 bits per heavy atom. The summed E-state index contributed by atoms with van der Waals surface area (Å²) in [7, 11) is 3.58. The third-order valence-corrected chi connectivity index (χ3v) is 7.47. The van der Waals surface area contributed by atoms with E-state index in [0.29, 0.717) is 28.5 Å². The predicted molar refractivity (Wildman–Crippen MR) is 179 cm³/mol. The van der Waals surface area contributed by atoms with Crippen molar-refractivity contribution in [3.8, 4) is 0 Å². The van der Waals surface area contributed by atoms with Crippen LogP contribution in [0.4, 0.5) is 51.0 Å². The molecule has 0 spiro atoms. The van der Waals surface area contributed by atoms with Crippen molar-refractivity contribution in [3.05, 3.63) is 47.6 Å². The van der Waals surface area contributed by atoms with Gasteiger partial charge in [-0.05, 0) is 25.1 Å². The van der Waals surface area contributed by atoms with E-state index in [4.69, 9.17) is 46.3 Å². The van der Waals surface area contributed by atoms with E-state index in [9.17, 15) is 44.3 Å². The highest BCUT2D eigenvalue weighted by Gasteiger charge is 2.39. The van der Waals surface area contributed by atoms with Crippen LogP contribution in [0, 0.1) is 0 Å². The normalized spacial score (nSPS) is 13.9. The van der Waals surface area contributed by atoms with Gasteiger partial charge in [0.15, 0.2) is 11.5 Å². The third kappa shape index (κ3) is 13.5. The van der Waals surface area contributed by atoms with Crippen molar-refractivity contribution >= 4 is 69.0 Å². The van der Waals surface area contributed by atoms with E-state index in [1.54, 1.807) is 31.5 Å². The van der Waals surface area contributed by atoms with Gasteiger partial charge in [0.1, 0.15) is 11.8 Å². The van der Waals surface area contributed by atoms with E-state index < -0.39 is 36.4 Å². The highest BCUT2D eigenvalue weighted by atomic mass is 35.5. The molecule has 4 heterocycles. The number of carbonyl (C=O) groups excluding carboxylic acids is 1. The lowest BCUT2D eigenvalue weighted by molar-refractivity contribution is -0.193. The highest BCUT2D eigenvalue weighted by molar-refractivity contribution is 6.36. The van der Waals surface area contributed by atoms with Crippen LogP contribution in [0.5, 0.6) is 0 Å². The number of aliphatic carboxylic acids is 3. The zero-order valence-corrected chi connectivity index (χ0v) is 29.7. The maximum atomic E-state index is 12.2. The van der Waals surface area contributed by atoms with Gasteiger partial charge in [0.25, 0.3) is 0 Å². The first-order chi connectivity index (χ1) is 25.7. The van der Waals surface area contributed by atoms with Gasteiger partial charge in [-0.1, -0.05) is 11.6 Å². The number of hydrogen-bond donors (Lipinski definition) is 5. The maximum Gasteiger partial charge on any atom is 0.490 e. The first-order valence-corrected chi connectivity index (χ1v) is 15.7. The predicted octanol–water partition coefficient (Wildman–Crippen LogP) is 4.84. The van der Waals surface area contributed by atoms with Gasteiger partial charge in [-0.25, -0.2) is 29.3 Å². The molecular formula is C30H31ClF9N9O7. The topological polar surface area (TPSA) is 218 Å². The molecule has 0 radical (unpaired) electrons. The number of alkyl halides is 9. The van der Waals surface area contributed by atoms with Gasteiger partial charge in [0, 0.05) is 57.4 Å². The average molecular weight is 836 g/mol. The lowest BCUT2D eigenvalue weighted by Crippen LogP contribution is -2.49. The minimum absolute atomic E-state index is 0.116. The largest absolute Gasteiger partial charge is 0.490 e. The number of aromatic nitrogens is 5. The number of carboxylic acids is 3. The number of aromatic amines is 1. The lowest BCUT2D eigenvalue weighted by atomic mass is 10.0. The van der Waals surface area contributed by atoms with Gasteiger partial charge in [-0.2, -0.15) is 39.5 Å². The first kappa shape index (κ1) is 46.4. The van der Waals surface area contributed by atoms with Crippen LogP contribution in [0.25, 0.3) is 22.1 Å². The fourth-order valence-corrected chi connectivity index (χ4v) is 4.75. The molecule has 308 valence electrons. The summed E-state index contributed by atoms with van der Waals surface area (Å²) in [6.07, 6.45) is -10.3. The number of nitrogens with one attached hydrogen (secondary N) is 2. The van der Waals surface area contributed by atoms with E-state index in [0.717, 1.165) is 48.3 Å². The standard InChI is InChI=1S/C24H28ClN9O.3C2HF3O2/c1-15(31-24-21-23(28-13-27-21)29-14-30-24)17-11-18(25)16-5-4-6-26-20(16)22(17)34-9-7-33(8-10-34)12-19(35)32(2)3;3*3-2(4,5)1(6)7/h4-6,11,13-15H,7-10,12H2,1-3H3,(H2,27,28,29,30,31);3*(H,6,7). The molecule has 3 aromatic heterocycles. The molecule has 1 amide bonds. The summed E-state index contributed by atoms with van der Waals surface area (Å²) in [6.45, 7) is 5.65. The Balaban J connectivity index is 0.000000423. The van der Waals surface area contributed by atoms with Gasteiger partial charge >= 0.3 is 36.4 Å². The third-order valence-electron chi connectivity index (χ3n) is 7.16. The van der Waals surface area contributed by atoms with E-state index in [-0.39, 0.29) is 11.9 Å². The number of carbonyl (C=O) groups is 4. The summed E-state index contributed by atoms with van der Waals surface area (Å²) in [5.74, 6) is -7.50. The average Bonchev–Trinajstić information content (AvgIpc) is 3.58. The van der Waals surface area contributed by atoms with Gasteiger partial charge in [0.2, 0.25) is 5.91 Å². The monoisotopic (exact) mass is 835 g/mol. The van der Waals surface area contributed by atoms with Crippen molar-refractivity contribution in [2.24, 2.45) is 0 Å². The van der Waals surface area contributed by atoms with Crippen molar-refractivity contribution in [1.29, 1.82) is 0 Å². The summed E-state index contributed by atoms with van der Waals surface area (Å²) in [4.78, 5) is 65.8. The number of piperazine rings is 1. The van der Waals surface area contributed by atoms with Crippen LogP contribution in [-0.2, 0) is 19.2 Å². The molecule has 1 fully saturated rings. The molecule has 0 bridgehead atoms. The number of pyridine rings is 1. The van der Waals surface area contributed by atoms with Gasteiger partial charge < -0.3 is 35.4 Å². The summed E-state index contributed by atoms with van der Waals surface area (Å²) >= 11 is 6.73. The molecule has 56 heavy (non-hydrogen) atoms. The Kier molecular flexibility index (Phi) is 15.9. The van der Waals surface area contributed by atoms with E-state index >= 15 is 0 Å². The molecule has 1 unspecified atom stereocenters. The molecule has 0 aliphatic carbocycles. The first-order valence-electron chi connectivity index (χ1n) is 15.3. The Morgan fingerprint density at radius 2 is 1.38 bits per heavy atom. The number of likely N-dealkylation sites (N-methyl/N-ethyl adjacent to an activating group) is 1. The van der Waals surface area contributed by atoms with Crippen molar-refractivity contribution in [2.75, 3.05) is 57.0 Å². The zero-order valence-electron chi connectivity index (χ0n) is 29.0. The Labute approximate surface area is 313 Å². The second-order valence-electron chi connectivity index (χ2n) is 11.3. The molecule has 1 aromatic carbocycles. The minimum atomic E-state index is -5.08. The number of anilines is 2. The molecule has 4 aromatic rings. The Hall–Kier alpha value is -5.72. The van der Waals surface area contributed by atoms with Gasteiger partial charge in [-0.15, -0.1) is 0 Å². The van der Waals surface area contributed by atoms with E-state index in [1.807, 2.05) is 18.2 Å². The van der Waals surface area contributed by atoms with Gasteiger partial charge in [-0.3, -0.25) is 14.7 Å². The Bertz CT molecular complexity index is 1930. The Morgan fingerprint density at radius 3 is 1.86 bits per heavy atom. The molecule has 26 heteroatoms. The number of hydrogen-bond acceptors (Lipinski definition) is 11. The van der Waals surface area contributed by atoms with Gasteiger partial charge in [0.05, 0.1) is 35.1 Å². The number of H-pyrrole nitrogens is 1. The number of nitrogens with zero attached hydrogens (tertiary/aromatic N) is 7. The molecule has 5 N–H and O–H groups in total. The SMILES string of the molecule is CC(Nc1ncnc2[nH]cnc12)c1cc(Cl)c2cccnc2c1N1CCN(CC(=O)N(C)C)CC1.O=C(O)C(F)(F)F.O=C(O)C(F)(F)F.O=C(O)C(F)(F)F. The molecule has 1 atom stereocenters. The van der Waals surface area contributed by atoms with Crippen LogP contribution in [0.1, 0.15) is 18.5 Å². The number of fused-ring (bicyclic) bond motifs is 2. The van der Waals surface area contributed by atoms with Crippen LogP contribution in [-0.4, -0.2) is 139 Å². The van der Waals surface area contributed by atoms with Crippen LogP contribution in [0.3, 0.4) is 0 Å². The number of amides is 1. The minimum Gasteiger partial charge on any atom is -0.475 e. The van der Waals surface area contributed by atoms with E-state index in [2.05, 4.69) is 42.0 Å². The van der Waals surface area contributed by atoms with Crippen molar-refractivity contribution in [3.63, 3.8) is 0 Å². The molecule has 16 nitrogen and oxygen atoms in total. The molecule has 1 aliphatic heterocycles. The summed E-state index contributed by atoms with van der Waals surface area (Å²) in [5, 5.41) is 26.4. The highest BCUT2D eigenvalue weighted by Crippen LogP contribution is 2.39. The van der Waals surface area contributed by atoms with Crippen LogP contribution in [0.15, 0.2) is 37.1 Å². The van der Waals surface area contributed by atoms with Crippen molar-refractivity contribution in [2.45, 2.75) is 31.5 Å². The molecule has 0 saturated carbocycles. The van der Waals surface area contributed by atoms with Crippen LogP contribution in [0.2, 0.25) is 5.02 Å². The summed E-state index contributed by atoms with van der Waals surface area (Å²) in [6, 6.07) is 5.79. The number of carboxylic acid groups (broad SMARTS) is 3. The maximum absolute atomic E-state index is 12.2.